The molecule has 0 radical (unpaired) electrons. The van der Waals surface area contributed by atoms with E-state index < -0.39 is 0 Å². The molecule has 0 saturated heterocycles. The monoisotopic (exact) mass is 374 g/mol. The molecule has 0 spiro atoms. The quantitative estimate of drug-likeness (QED) is 0.662. The van der Waals surface area contributed by atoms with Crippen molar-refractivity contribution in [2.75, 3.05) is 19.5 Å². The number of carbonyl (C=O) groups is 1. The van der Waals surface area contributed by atoms with E-state index in [0.29, 0.717) is 21.7 Å². The third kappa shape index (κ3) is 3.92. The summed E-state index contributed by atoms with van der Waals surface area (Å²) in [5.41, 5.74) is 1.51. The fourth-order valence-electron chi connectivity index (χ4n) is 2.23. The number of methoxy groups -OCH3 is 2. The van der Waals surface area contributed by atoms with Gasteiger partial charge in [-0.05, 0) is 17.7 Å². The molecule has 5 nitrogen and oxygen atoms in total. The summed E-state index contributed by atoms with van der Waals surface area (Å²) in [5, 5.41) is 3.84. The number of carbonyl (C=O) groups excluding carboxylic acids is 1. The van der Waals surface area contributed by atoms with Crippen LogP contribution in [0, 0.1) is 0 Å². The van der Waals surface area contributed by atoms with E-state index in [2.05, 4.69) is 10.3 Å². The minimum Gasteiger partial charge on any atom is -0.493 e. The first kappa shape index (κ1) is 17.3. The molecule has 0 bridgehead atoms. The second kappa shape index (κ2) is 7.55. The van der Waals surface area contributed by atoms with Gasteiger partial charge in [0.2, 0.25) is 5.91 Å². The van der Waals surface area contributed by atoms with Crippen LogP contribution >= 0.6 is 22.9 Å². The van der Waals surface area contributed by atoms with Gasteiger partial charge in [-0.1, -0.05) is 41.1 Å². The molecule has 3 rings (SSSR count). The fourth-order valence-corrected chi connectivity index (χ4v) is 3.31. The highest BCUT2D eigenvalue weighted by molar-refractivity contribution is 7.22. The molecule has 128 valence electrons. The van der Waals surface area contributed by atoms with Crippen LogP contribution in [0.2, 0.25) is 5.02 Å². The number of hydrogen-bond donors (Lipinski definition) is 1. The molecule has 25 heavy (non-hydrogen) atoms. The maximum absolute atomic E-state index is 12.1. The summed E-state index contributed by atoms with van der Waals surface area (Å²) in [4.78, 5) is 16.5. The van der Waals surface area contributed by atoms with Gasteiger partial charge in [-0.15, -0.1) is 0 Å². The lowest BCUT2D eigenvalue weighted by molar-refractivity contribution is -0.111. The Labute approximate surface area is 153 Å². The van der Waals surface area contributed by atoms with Gasteiger partial charge in [-0.3, -0.25) is 10.1 Å². The van der Waals surface area contributed by atoms with Crippen molar-refractivity contribution in [2.24, 2.45) is 0 Å². The minimum atomic E-state index is -0.280. The van der Waals surface area contributed by atoms with Crippen LogP contribution in [0.25, 0.3) is 16.3 Å². The number of aromatic nitrogens is 1. The van der Waals surface area contributed by atoms with Crippen LogP contribution in [0.1, 0.15) is 5.56 Å². The number of anilines is 1. The zero-order valence-corrected chi connectivity index (χ0v) is 15.1. The predicted octanol–water partition coefficient (Wildman–Crippen LogP) is 4.62. The highest BCUT2D eigenvalue weighted by Gasteiger charge is 2.11. The van der Waals surface area contributed by atoms with Gasteiger partial charge in [-0.2, -0.15) is 0 Å². The lowest BCUT2D eigenvalue weighted by Gasteiger charge is -2.05. The molecular weight excluding hydrogens is 360 g/mol. The molecule has 0 aliphatic heterocycles. The van der Waals surface area contributed by atoms with Crippen molar-refractivity contribution in [1.29, 1.82) is 0 Å². The van der Waals surface area contributed by atoms with E-state index in [9.17, 15) is 4.79 Å². The summed E-state index contributed by atoms with van der Waals surface area (Å²) < 4.78 is 11.4. The largest absolute Gasteiger partial charge is 0.493 e. The first-order chi connectivity index (χ1) is 12.1. The summed E-state index contributed by atoms with van der Waals surface area (Å²) >= 11 is 7.42. The first-order valence-electron chi connectivity index (χ1n) is 7.37. The van der Waals surface area contributed by atoms with Crippen molar-refractivity contribution < 1.29 is 14.3 Å². The van der Waals surface area contributed by atoms with Crippen LogP contribution in [0.15, 0.2) is 42.5 Å². The van der Waals surface area contributed by atoms with Crippen molar-refractivity contribution in [3.05, 3.63) is 53.1 Å². The fraction of sp³-hybridized carbons (Fsp3) is 0.111. The second-order valence-corrected chi connectivity index (χ2v) is 6.48. The first-order valence-corrected chi connectivity index (χ1v) is 8.56. The van der Waals surface area contributed by atoms with E-state index in [1.165, 1.54) is 17.4 Å². The van der Waals surface area contributed by atoms with Crippen molar-refractivity contribution >= 4 is 50.3 Å². The van der Waals surface area contributed by atoms with Gasteiger partial charge < -0.3 is 9.47 Å². The molecule has 0 aliphatic carbocycles. The van der Waals surface area contributed by atoms with E-state index in [-0.39, 0.29) is 5.91 Å². The molecule has 0 fully saturated rings. The van der Waals surface area contributed by atoms with Crippen LogP contribution in [0.4, 0.5) is 5.13 Å². The molecule has 0 saturated carbocycles. The Bertz CT molecular complexity index is 912. The van der Waals surface area contributed by atoms with Gasteiger partial charge in [0, 0.05) is 23.2 Å². The Morgan fingerprint density at radius 2 is 1.92 bits per heavy atom. The number of hydrogen-bond acceptors (Lipinski definition) is 5. The molecule has 0 aliphatic rings. The van der Waals surface area contributed by atoms with Gasteiger partial charge in [0.05, 0.1) is 24.4 Å². The SMILES string of the molecule is COc1cc2nc(NC(=O)C=Cc3ccccc3Cl)sc2cc1OC. The zero-order valence-electron chi connectivity index (χ0n) is 13.6. The number of rotatable bonds is 5. The Morgan fingerprint density at radius 1 is 1.20 bits per heavy atom. The van der Waals surface area contributed by atoms with Crippen LogP contribution in [-0.2, 0) is 4.79 Å². The molecule has 7 heteroatoms. The smallest absolute Gasteiger partial charge is 0.250 e. The number of nitrogens with one attached hydrogen (secondary N) is 1. The molecule has 1 heterocycles. The summed E-state index contributed by atoms with van der Waals surface area (Å²) in [6.07, 6.45) is 3.09. The molecule has 3 aromatic rings. The molecule has 0 unspecified atom stereocenters. The number of halogens is 1. The van der Waals surface area contributed by atoms with Crippen LogP contribution in [0.3, 0.4) is 0 Å². The van der Waals surface area contributed by atoms with Crippen LogP contribution < -0.4 is 14.8 Å². The van der Waals surface area contributed by atoms with Gasteiger partial charge in [0.25, 0.3) is 0 Å². The van der Waals surface area contributed by atoms with Gasteiger partial charge in [0.15, 0.2) is 16.6 Å². The van der Waals surface area contributed by atoms with Crippen LogP contribution in [-0.4, -0.2) is 25.1 Å². The standard InChI is InChI=1S/C18H15ClN2O3S/c1-23-14-9-13-16(10-15(14)24-2)25-18(20-13)21-17(22)8-7-11-5-3-4-6-12(11)19/h3-10H,1-2H3,(H,20,21,22). The predicted molar refractivity (Wildman–Crippen MR) is 102 cm³/mol. The third-order valence-corrected chi connectivity index (χ3v) is 4.72. The lowest BCUT2D eigenvalue weighted by atomic mass is 10.2. The number of ether oxygens (including phenoxy) is 2. The molecule has 1 aromatic heterocycles. The molecule has 1 N–H and O–H groups in total. The highest BCUT2D eigenvalue weighted by atomic mass is 35.5. The van der Waals surface area contributed by atoms with Crippen molar-refractivity contribution in [1.82, 2.24) is 4.98 Å². The minimum absolute atomic E-state index is 0.280. The van der Waals surface area contributed by atoms with Gasteiger partial charge in [0.1, 0.15) is 0 Å². The number of benzene rings is 2. The maximum atomic E-state index is 12.1. The van der Waals surface area contributed by atoms with Crippen molar-refractivity contribution in [3.63, 3.8) is 0 Å². The summed E-state index contributed by atoms with van der Waals surface area (Å²) in [6, 6.07) is 10.9. The Balaban J connectivity index is 1.78. The van der Waals surface area contributed by atoms with E-state index in [1.54, 1.807) is 32.4 Å². The molecule has 0 atom stereocenters. The number of thiazole rings is 1. The number of amides is 1. The van der Waals surface area contributed by atoms with E-state index >= 15 is 0 Å². The number of nitrogens with zero attached hydrogens (tertiary/aromatic N) is 1. The van der Waals surface area contributed by atoms with Crippen molar-refractivity contribution in [2.45, 2.75) is 0 Å². The summed E-state index contributed by atoms with van der Waals surface area (Å²) in [6.45, 7) is 0. The molecule has 1 amide bonds. The van der Waals surface area contributed by atoms with Crippen molar-refractivity contribution in [3.8, 4) is 11.5 Å². The third-order valence-electron chi connectivity index (χ3n) is 3.44. The van der Waals surface area contributed by atoms with E-state index in [4.69, 9.17) is 21.1 Å². The topological polar surface area (TPSA) is 60.5 Å². The highest BCUT2D eigenvalue weighted by Crippen LogP contribution is 2.36. The average molecular weight is 375 g/mol. The normalized spacial score (nSPS) is 11.0. The maximum Gasteiger partial charge on any atom is 0.250 e. The Morgan fingerprint density at radius 3 is 2.64 bits per heavy atom. The number of fused-ring (bicyclic) bond motifs is 1. The van der Waals surface area contributed by atoms with Gasteiger partial charge in [-0.25, -0.2) is 4.98 Å². The summed E-state index contributed by atoms with van der Waals surface area (Å²) in [7, 11) is 3.14. The molecule has 2 aromatic carbocycles. The van der Waals surface area contributed by atoms with Crippen LogP contribution in [0.5, 0.6) is 11.5 Å². The second-order valence-electron chi connectivity index (χ2n) is 5.04. The summed E-state index contributed by atoms with van der Waals surface area (Å²) in [5.74, 6) is 0.935. The van der Waals surface area contributed by atoms with Gasteiger partial charge >= 0.3 is 0 Å². The molecular formula is C18H15ClN2O3S. The zero-order chi connectivity index (χ0) is 17.8. The van der Waals surface area contributed by atoms with E-state index in [1.807, 2.05) is 24.3 Å². The average Bonchev–Trinajstić information content (AvgIpc) is 3.00. The van der Waals surface area contributed by atoms with E-state index in [0.717, 1.165) is 15.8 Å². The lowest BCUT2D eigenvalue weighted by Crippen LogP contribution is -2.07. The Kier molecular flexibility index (Phi) is 5.21. The Hall–Kier alpha value is -2.57.